The van der Waals surface area contributed by atoms with Crippen molar-refractivity contribution < 1.29 is 19.0 Å². The van der Waals surface area contributed by atoms with Gasteiger partial charge in [0, 0.05) is 19.6 Å². The second kappa shape index (κ2) is 9.59. The molecule has 0 aliphatic carbocycles. The SMILES string of the molecule is COCCn1c(SCC(=O)c2cc(OC)ccc2OC)nnc1C(C)C. The van der Waals surface area contributed by atoms with Gasteiger partial charge < -0.3 is 18.8 Å². The number of ether oxygens (including phenoxy) is 3. The number of Topliss-reactive ketones (excluding diaryl/α,β-unsaturated/α-hetero) is 1. The number of benzene rings is 1. The summed E-state index contributed by atoms with van der Waals surface area (Å²) in [6.07, 6.45) is 0. The maximum absolute atomic E-state index is 12.7. The third-order valence-corrected chi connectivity index (χ3v) is 4.79. The van der Waals surface area contributed by atoms with Crippen LogP contribution in [-0.2, 0) is 11.3 Å². The monoisotopic (exact) mass is 379 g/mol. The summed E-state index contributed by atoms with van der Waals surface area (Å²) in [7, 11) is 4.77. The van der Waals surface area contributed by atoms with E-state index in [2.05, 4.69) is 24.0 Å². The van der Waals surface area contributed by atoms with E-state index in [0.717, 1.165) is 5.82 Å². The molecule has 0 atom stereocenters. The largest absolute Gasteiger partial charge is 0.497 e. The number of hydrogen-bond acceptors (Lipinski definition) is 7. The van der Waals surface area contributed by atoms with Crippen LogP contribution in [-0.4, -0.2) is 54.2 Å². The number of rotatable bonds is 10. The molecule has 2 rings (SSSR count). The van der Waals surface area contributed by atoms with Crippen LogP contribution in [0, 0.1) is 0 Å². The van der Waals surface area contributed by atoms with E-state index in [1.165, 1.54) is 11.8 Å². The number of carbonyl (C=O) groups excluding carboxylic acids is 1. The van der Waals surface area contributed by atoms with Crippen LogP contribution in [0.2, 0.25) is 0 Å². The summed E-state index contributed by atoms with van der Waals surface area (Å²) < 4.78 is 17.7. The minimum Gasteiger partial charge on any atom is -0.497 e. The highest BCUT2D eigenvalue weighted by molar-refractivity contribution is 7.99. The molecule has 0 amide bonds. The third kappa shape index (κ3) is 4.76. The minimum atomic E-state index is -0.0573. The Balaban J connectivity index is 2.17. The quantitative estimate of drug-likeness (QED) is 0.464. The molecule has 0 aliphatic rings. The highest BCUT2D eigenvalue weighted by Gasteiger charge is 2.19. The van der Waals surface area contributed by atoms with Crippen LogP contribution >= 0.6 is 11.8 Å². The maximum Gasteiger partial charge on any atom is 0.191 e. The summed E-state index contributed by atoms with van der Waals surface area (Å²) in [6.45, 7) is 5.33. The Morgan fingerprint density at radius 3 is 2.58 bits per heavy atom. The Morgan fingerprint density at radius 2 is 1.96 bits per heavy atom. The molecule has 0 saturated heterocycles. The number of hydrogen-bond donors (Lipinski definition) is 0. The van der Waals surface area contributed by atoms with Gasteiger partial charge in [-0.3, -0.25) is 4.79 Å². The van der Waals surface area contributed by atoms with Crippen molar-refractivity contribution in [1.29, 1.82) is 0 Å². The van der Waals surface area contributed by atoms with Crippen LogP contribution in [0.25, 0.3) is 0 Å². The molecule has 0 unspecified atom stereocenters. The topological polar surface area (TPSA) is 75.5 Å². The lowest BCUT2D eigenvalue weighted by molar-refractivity contribution is 0.101. The van der Waals surface area contributed by atoms with Gasteiger partial charge in [-0.1, -0.05) is 25.6 Å². The molecule has 1 aromatic heterocycles. The second-order valence-corrected chi connectivity index (χ2v) is 6.86. The molecule has 0 radical (unpaired) electrons. The first-order chi connectivity index (χ1) is 12.5. The fourth-order valence-corrected chi connectivity index (χ4v) is 3.32. The molecule has 0 spiro atoms. The van der Waals surface area contributed by atoms with E-state index >= 15 is 0 Å². The zero-order chi connectivity index (χ0) is 19.1. The van der Waals surface area contributed by atoms with Crippen molar-refractivity contribution in [3.8, 4) is 11.5 Å². The van der Waals surface area contributed by atoms with E-state index < -0.39 is 0 Å². The van der Waals surface area contributed by atoms with Gasteiger partial charge >= 0.3 is 0 Å². The number of methoxy groups -OCH3 is 3. The van der Waals surface area contributed by atoms with Gasteiger partial charge in [-0.15, -0.1) is 10.2 Å². The van der Waals surface area contributed by atoms with E-state index in [0.29, 0.717) is 35.4 Å². The molecule has 8 heteroatoms. The van der Waals surface area contributed by atoms with Gasteiger partial charge in [0.25, 0.3) is 0 Å². The van der Waals surface area contributed by atoms with Gasteiger partial charge in [0.1, 0.15) is 17.3 Å². The van der Waals surface area contributed by atoms with E-state index in [1.807, 2.05) is 4.57 Å². The van der Waals surface area contributed by atoms with E-state index in [-0.39, 0.29) is 17.5 Å². The van der Waals surface area contributed by atoms with Crippen molar-refractivity contribution in [2.45, 2.75) is 31.5 Å². The maximum atomic E-state index is 12.7. The lowest BCUT2D eigenvalue weighted by atomic mass is 10.1. The lowest BCUT2D eigenvalue weighted by Gasteiger charge is -2.12. The molecule has 0 bridgehead atoms. The molecule has 1 aromatic carbocycles. The number of thioether (sulfide) groups is 1. The Morgan fingerprint density at radius 1 is 1.19 bits per heavy atom. The van der Waals surface area contributed by atoms with E-state index in [9.17, 15) is 4.79 Å². The van der Waals surface area contributed by atoms with Gasteiger partial charge in [-0.2, -0.15) is 0 Å². The van der Waals surface area contributed by atoms with Crippen LogP contribution in [0.1, 0.15) is 35.9 Å². The van der Waals surface area contributed by atoms with Crippen LogP contribution < -0.4 is 9.47 Å². The van der Waals surface area contributed by atoms with Gasteiger partial charge in [-0.05, 0) is 18.2 Å². The molecule has 0 aliphatic heterocycles. The van der Waals surface area contributed by atoms with Crippen molar-refractivity contribution in [1.82, 2.24) is 14.8 Å². The summed E-state index contributed by atoms with van der Waals surface area (Å²) in [5, 5.41) is 9.21. The lowest BCUT2D eigenvalue weighted by Crippen LogP contribution is -2.12. The molecule has 26 heavy (non-hydrogen) atoms. The molecule has 7 nitrogen and oxygen atoms in total. The molecule has 0 fully saturated rings. The molecule has 0 N–H and O–H groups in total. The summed E-state index contributed by atoms with van der Waals surface area (Å²) in [5.74, 6) is 2.44. The Bertz CT molecular complexity index is 746. The summed E-state index contributed by atoms with van der Waals surface area (Å²) in [4.78, 5) is 12.7. The second-order valence-electron chi connectivity index (χ2n) is 5.92. The standard InChI is InChI=1S/C18H25N3O4S/c1-12(2)17-19-20-18(21(17)8-9-23-3)26-11-15(22)14-10-13(24-4)6-7-16(14)25-5/h6-7,10,12H,8-9,11H2,1-5H3. The van der Waals surface area contributed by atoms with Crippen molar-refractivity contribution in [3.63, 3.8) is 0 Å². The van der Waals surface area contributed by atoms with Crippen LogP contribution in [0.15, 0.2) is 23.4 Å². The first kappa shape index (κ1) is 20.3. The normalized spacial score (nSPS) is 11.0. The van der Waals surface area contributed by atoms with Crippen LogP contribution in [0.3, 0.4) is 0 Å². The van der Waals surface area contributed by atoms with E-state index in [4.69, 9.17) is 14.2 Å². The van der Waals surface area contributed by atoms with Crippen molar-refractivity contribution >= 4 is 17.5 Å². The zero-order valence-electron chi connectivity index (χ0n) is 15.8. The highest BCUT2D eigenvalue weighted by Crippen LogP contribution is 2.27. The van der Waals surface area contributed by atoms with Crippen molar-refractivity contribution in [3.05, 3.63) is 29.6 Å². The Kier molecular flexibility index (Phi) is 7.47. The predicted octanol–water partition coefficient (Wildman–Crippen LogP) is 3.04. The smallest absolute Gasteiger partial charge is 0.191 e. The van der Waals surface area contributed by atoms with Crippen LogP contribution in [0.4, 0.5) is 0 Å². The summed E-state index contributed by atoms with van der Waals surface area (Å²) in [5.41, 5.74) is 0.492. The molecule has 0 saturated carbocycles. The fourth-order valence-electron chi connectivity index (χ4n) is 2.47. The van der Waals surface area contributed by atoms with Gasteiger partial charge in [0.05, 0.1) is 32.1 Å². The molecule has 142 valence electrons. The Hall–Kier alpha value is -2.06. The predicted molar refractivity (Wildman–Crippen MR) is 101 cm³/mol. The first-order valence-electron chi connectivity index (χ1n) is 8.31. The average Bonchev–Trinajstić information content (AvgIpc) is 3.06. The van der Waals surface area contributed by atoms with Crippen molar-refractivity contribution in [2.75, 3.05) is 33.7 Å². The van der Waals surface area contributed by atoms with Crippen LogP contribution in [0.5, 0.6) is 11.5 Å². The number of nitrogens with zero attached hydrogens (tertiary/aromatic N) is 3. The first-order valence-corrected chi connectivity index (χ1v) is 9.30. The zero-order valence-corrected chi connectivity index (χ0v) is 16.6. The minimum absolute atomic E-state index is 0.0573. The number of carbonyl (C=O) groups is 1. The summed E-state index contributed by atoms with van der Waals surface area (Å²) >= 11 is 1.36. The van der Waals surface area contributed by atoms with Crippen molar-refractivity contribution in [2.24, 2.45) is 0 Å². The van der Waals surface area contributed by atoms with Gasteiger partial charge in [-0.25, -0.2) is 0 Å². The fraction of sp³-hybridized carbons (Fsp3) is 0.500. The third-order valence-electron chi connectivity index (χ3n) is 3.82. The van der Waals surface area contributed by atoms with Gasteiger partial charge in [0.2, 0.25) is 0 Å². The molecular formula is C18H25N3O4S. The molecule has 1 heterocycles. The summed E-state index contributed by atoms with van der Waals surface area (Å²) in [6, 6.07) is 5.19. The average molecular weight is 379 g/mol. The van der Waals surface area contributed by atoms with Gasteiger partial charge in [0.15, 0.2) is 10.9 Å². The highest BCUT2D eigenvalue weighted by atomic mass is 32.2. The number of ketones is 1. The van der Waals surface area contributed by atoms with E-state index in [1.54, 1.807) is 39.5 Å². The molecule has 2 aromatic rings. The Labute approximate surface area is 158 Å². The number of aromatic nitrogens is 3. The molecular weight excluding hydrogens is 354 g/mol.